The minimum Gasteiger partial charge on any atom is -0.550 e. The zero-order chi connectivity index (χ0) is 11.1. The molecule has 0 aromatic carbocycles. The van der Waals surface area contributed by atoms with Gasteiger partial charge in [0.05, 0.1) is 13.1 Å². The summed E-state index contributed by atoms with van der Waals surface area (Å²) in [4.78, 5) is 31.5. The van der Waals surface area contributed by atoms with Crippen molar-refractivity contribution < 1.29 is 81.1 Å². The Morgan fingerprint density at radius 3 is 1.73 bits per heavy atom. The van der Waals surface area contributed by atoms with E-state index in [2.05, 4.69) is 0 Å². The van der Waals surface area contributed by atoms with Crippen molar-refractivity contribution in [3.05, 3.63) is 0 Å². The van der Waals surface area contributed by atoms with Crippen LogP contribution in [0, 0.1) is 0 Å². The molecule has 0 bridgehead atoms. The number of carbonyl (C=O) groups is 3. The van der Waals surface area contributed by atoms with Crippen molar-refractivity contribution in [2.45, 2.75) is 6.42 Å². The quantitative estimate of drug-likeness (QED) is 0.428. The van der Waals surface area contributed by atoms with Crippen molar-refractivity contribution in [2.75, 3.05) is 19.6 Å². The molecule has 0 saturated carbocycles. The third-order valence-corrected chi connectivity index (χ3v) is 1.35. The Morgan fingerprint density at radius 1 is 1.07 bits per heavy atom. The maximum Gasteiger partial charge on any atom is 1.00 e. The number of rotatable bonds is 7. The van der Waals surface area contributed by atoms with E-state index in [-0.39, 0.29) is 64.4 Å². The van der Waals surface area contributed by atoms with Crippen LogP contribution in [0.5, 0.6) is 0 Å². The molecule has 0 rings (SSSR count). The molecule has 0 radical (unpaired) electrons. The van der Waals surface area contributed by atoms with Crippen LogP contribution in [0.1, 0.15) is 6.42 Å². The van der Waals surface area contributed by atoms with Gasteiger partial charge in [0, 0.05) is 12.5 Å². The average Bonchev–Trinajstić information content (AvgIpc) is 1.97. The van der Waals surface area contributed by atoms with Gasteiger partial charge in [-0.25, -0.2) is 0 Å². The summed E-state index contributed by atoms with van der Waals surface area (Å²) in [6, 6.07) is 0. The van der Waals surface area contributed by atoms with Gasteiger partial charge >= 0.3 is 63.3 Å². The molecule has 0 atom stereocenters. The maximum atomic E-state index is 10.2. The van der Waals surface area contributed by atoms with Gasteiger partial charge in [-0.15, -0.1) is 0 Å². The van der Waals surface area contributed by atoms with Crippen molar-refractivity contribution in [2.24, 2.45) is 0 Å². The van der Waals surface area contributed by atoms with Gasteiger partial charge in [-0.3, -0.25) is 14.5 Å². The fourth-order valence-corrected chi connectivity index (χ4v) is 0.846. The second-order valence-electron chi connectivity index (χ2n) is 2.62. The van der Waals surface area contributed by atoms with Gasteiger partial charge in [-0.1, -0.05) is 0 Å². The van der Waals surface area contributed by atoms with E-state index < -0.39 is 31.0 Å². The Kier molecular flexibility index (Phi) is 10.7. The summed E-state index contributed by atoms with van der Waals surface area (Å²) in [5.41, 5.74) is 0. The molecule has 0 unspecified atom stereocenters. The standard InChI is InChI=1S/C7H11NO6.K/c9-5(10)1-2-8(3-6(11)12)4-7(13)14;/h1-4H2,(H,9,10)(H,11,12)(H,13,14);/q;+1/p-1. The number of hydrogen-bond acceptors (Lipinski definition) is 5. The van der Waals surface area contributed by atoms with Crippen molar-refractivity contribution in [1.29, 1.82) is 0 Å². The molecule has 0 amide bonds. The second kappa shape index (κ2) is 9.25. The number of carbonyl (C=O) groups excluding carboxylic acids is 1. The molecular formula is C7H10KNO6. The Labute approximate surface area is 128 Å². The molecule has 80 valence electrons. The summed E-state index contributed by atoms with van der Waals surface area (Å²) in [7, 11) is 0. The zero-order valence-electron chi connectivity index (χ0n) is 8.30. The number of carboxylic acids is 3. The summed E-state index contributed by atoms with van der Waals surface area (Å²) >= 11 is 0. The minimum atomic E-state index is -1.34. The summed E-state index contributed by atoms with van der Waals surface area (Å²) in [6.07, 6.45) is -0.388. The van der Waals surface area contributed by atoms with E-state index in [0.29, 0.717) is 0 Å². The number of carboxylic acid groups (broad SMARTS) is 3. The van der Waals surface area contributed by atoms with Crippen LogP contribution in [-0.4, -0.2) is 52.7 Å². The summed E-state index contributed by atoms with van der Waals surface area (Å²) in [5.74, 6) is -3.75. The number of hydrogen-bond donors (Lipinski definition) is 2. The Balaban J connectivity index is 0. The van der Waals surface area contributed by atoms with Gasteiger partial charge in [-0.2, -0.15) is 0 Å². The van der Waals surface area contributed by atoms with E-state index >= 15 is 0 Å². The normalized spacial score (nSPS) is 9.40. The monoisotopic (exact) mass is 243 g/mol. The molecule has 0 saturated heterocycles. The van der Waals surface area contributed by atoms with Crippen molar-refractivity contribution >= 4 is 17.9 Å². The number of aliphatic carboxylic acids is 3. The smallest absolute Gasteiger partial charge is 0.550 e. The molecule has 0 aliphatic carbocycles. The molecule has 7 nitrogen and oxygen atoms in total. The molecule has 0 fully saturated rings. The first-order chi connectivity index (χ1) is 6.41. The summed E-state index contributed by atoms with van der Waals surface area (Å²) in [6.45, 7) is -1.15. The van der Waals surface area contributed by atoms with Crippen LogP contribution in [-0.2, 0) is 14.4 Å². The number of nitrogens with zero attached hydrogens (tertiary/aromatic N) is 1. The fraction of sp³-hybridized carbons (Fsp3) is 0.571. The van der Waals surface area contributed by atoms with Crippen molar-refractivity contribution in [3.63, 3.8) is 0 Å². The molecule has 0 spiro atoms. The van der Waals surface area contributed by atoms with Crippen LogP contribution < -0.4 is 56.5 Å². The van der Waals surface area contributed by atoms with E-state index in [9.17, 15) is 19.5 Å². The van der Waals surface area contributed by atoms with Gasteiger partial charge in [0.15, 0.2) is 0 Å². The van der Waals surface area contributed by atoms with E-state index in [0.717, 1.165) is 4.90 Å². The second-order valence-corrected chi connectivity index (χ2v) is 2.62. The third-order valence-electron chi connectivity index (χ3n) is 1.35. The van der Waals surface area contributed by atoms with E-state index in [4.69, 9.17) is 10.2 Å². The third kappa shape index (κ3) is 11.9. The Morgan fingerprint density at radius 2 is 1.47 bits per heavy atom. The molecule has 0 heterocycles. The predicted octanol–water partition coefficient (Wildman–Crippen LogP) is -5.40. The first kappa shape index (κ1) is 17.4. The molecule has 8 heteroatoms. The van der Waals surface area contributed by atoms with Crippen LogP contribution in [0.4, 0.5) is 0 Å². The van der Waals surface area contributed by atoms with E-state index in [1.54, 1.807) is 0 Å². The largest absolute Gasteiger partial charge is 1.00 e. The fourth-order valence-electron chi connectivity index (χ4n) is 0.846. The molecular weight excluding hydrogens is 233 g/mol. The summed E-state index contributed by atoms with van der Waals surface area (Å²) in [5, 5.41) is 26.8. The van der Waals surface area contributed by atoms with Crippen LogP contribution in [0.25, 0.3) is 0 Å². The maximum absolute atomic E-state index is 10.2. The van der Waals surface area contributed by atoms with Crippen LogP contribution >= 0.6 is 0 Å². The first-order valence-corrected chi connectivity index (χ1v) is 3.77. The molecule has 0 aromatic heterocycles. The van der Waals surface area contributed by atoms with Crippen LogP contribution in [0.15, 0.2) is 0 Å². The average molecular weight is 243 g/mol. The topological polar surface area (TPSA) is 118 Å². The van der Waals surface area contributed by atoms with Gasteiger partial charge in [0.2, 0.25) is 0 Å². The van der Waals surface area contributed by atoms with E-state index in [1.165, 1.54) is 0 Å². The van der Waals surface area contributed by atoms with Gasteiger partial charge in [-0.05, 0) is 6.42 Å². The first-order valence-electron chi connectivity index (χ1n) is 3.77. The van der Waals surface area contributed by atoms with Crippen molar-refractivity contribution in [3.8, 4) is 0 Å². The van der Waals surface area contributed by atoms with Gasteiger partial charge in [0.25, 0.3) is 0 Å². The molecule has 0 aliphatic heterocycles. The Bertz CT molecular complexity index is 228. The Hall–Kier alpha value is 0.00636. The summed E-state index contributed by atoms with van der Waals surface area (Å²) < 4.78 is 0. The van der Waals surface area contributed by atoms with Crippen molar-refractivity contribution in [1.82, 2.24) is 4.90 Å². The molecule has 15 heavy (non-hydrogen) atoms. The molecule has 0 aliphatic rings. The predicted molar refractivity (Wildman–Crippen MR) is 41.3 cm³/mol. The van der Waals surface area contributed by atoms with E-state index in [1.807, 2.05) is 0 Å². The van der Waals surface area contributed by atoms with Gasteiger partial charge < -0.3 is 20.1 Å². The SMILES string of the molecule is O=C([O-])CCN(CC(=O)O)CC(=O)O.[K+]. The molecule has 2 N–H and O–H groups in total. The zero-order valence-corrected chi connectivity index (χ0v) is 11.4. The van der Waals surface area contributed by atoms with Crippen LogP contribution in [0.2, 0.25) is 0 Å². The minimum absolute atomic E-state index is 0. The molecule has 0 aromatic rings. The van der Waals surface area contributed by atoms with Gasteiger partial charge in [0.1, 0.15) is 0 Å². The van der Waals surface area contributed by atoms with Crippen LogP contribution in [0.3, 0.4) is 0 Å².